The summed E-state index contributed by atoms with van der Waals surface area (Å²) in [6.45, 7) is 8.19. The van der Waals surface area contributed by atoms with E-state index in [1.807, 2.05) is 32.0 Å². The number of nitrogens with zero attached hydrogens (tertiary/aromatic N) is 2. The highest BCUT2D eigenvalue weighted by Gasteiger charge is 2.22. The summed E-state index contributed by atoms with van der Waals surface area (Å²) in [6.07, 6.45) is 5.96. The number of nitrogens with one attached hydrogen (secondary N) is 1. The van der Waals surface area contributed by atoms with Gasteiger partial charge in [-0.3, -0.25) is 14.2 Å². The molecule has 0 atom stereocenters. The van der Waals surface area contributed by atoms with Crippen LogP contribution in [0, 0.1) is 13.8 Å². The van der Waals surface area contributed by atoms with Crippen molar-refractivity contribution in [2.45, 2.75) is 51.2 Å². The summed E-state index contributed by atoms with van der Waals surface area (Å²) >= 11 is 2.93. The summed E-state index contributed by atoms with van der Waals surface area (Å²) in [7, 11) is 0. The Morgan fingerprint density at radius 3 is 2.93 bits per heavy atom. The number of anilines is 1. The lowest BCUT2D eigenvalue weighted by Gasteiger charge is -2.13. The van der Waals surface area contributed by atoms with Crippen molar-refractivity contribution in [1.82, 2.24) is 9.55 Å². The van der Waals surface area contributed by atoms with E-state index in [4.69, 9.17) is 4.98 Å². The molecule has 1 aliphatic rings. The van der Waals surface area contributed by atoms with Gasteiger partial charge in [-0.15, -0.1) is 17.9 Å². The summed E-state index contributed by atoms with van der Waals surface area (Å²) < 4.78 is 1.65. The lowest BCUT2D eigenvalue weighted by Crippen LogP contribution is -2.24. The number of carbonyl (C=O) groups excluding carboxylic acids is 1. The van der Waals surface area contributed by atoms with Gasteiger partial charge in [0.05, 0.1) is 11.1 Å². The molecule has 0 bridgehead atoms. The predicted octanol–water partition coefficient (Wildman–Crippen LogP) is 4.87. The summed E-state index contributed by atoms with van der Waals surface area (Å²) in [5, 5.41) is 4.31. The van der Waals surface area contributed by atoms with Gasteiger partial charge < -0.3 is 5.32 Å². The number of carbonyl (C=O) groups is 1. The van der Waals surface area contributed by atoms with Crippen molar-refractivity contribution in [3.05, 3.63) is 62.8 Å². The van der Waals surface area contributed by atoms with Crippen LogP contribution in [0.25, 0.3) is 10.2 Å². The molecule has 4 rings (SSSR count). The molecule has 7 heteroatoms. The Bertz CT molecular complexity index is 1190. The van der Waals surface area contributed by atoms with E-state index in [-0.39, 0.29) is 17.2 Å². The molecule has 30 heavy (non-hydrogen) atoms. The number of thioether (sulfide) groups is 1. The van der Waals surface area contributed by atoms with Crippen LogP contribution in [0.1, 0.15) is 34.4 Å². The molecule has 0 aliphatic heterocycles. The van der Waals surface area contributed by atoms with Gasteiger partial charge in [0.15, 0.2) is 5.16 Å². The number of hydrogen-bond acceptors (Lipinski definition) is 5. The molecule has 0 saturated carbocycles. The minimum absolute atomic E-state index is 0.0169. The summed E-state index contributed by atoms with van der Waals surface area (Å²) in [4.78, 5) is 32.7. The van der Waals surface area contributed by atoms with Crippen LogP contribution in [0.5, 0.6) is 0 Å². The molecule has 1 amide bonds. The van der Waals surface area contributed by atoms with E-state index in [1.54, 1.807) is 22.0 Å². The van der Waals surface area contributed by atoms with Crippen LogP contribution in [0.4, 0.5) is 5.69 Å². The third-order valence-corrected chi connectivity index (χ3v) is 7.72. The number of benzene rings is 1. The largest absolute Gasteiger partial charge is 0.325 e. The minimum atomic E-state index is -0.112. The number of thiophene rings is 1. The zero-order chi connectivity index (χ0) is 21.3. The van der Waals surface area contributed by atoms with E-state index in [0.717, 1.165) is 46.3 Å². The van der Waals surface area contributed by atoms with Gasteiger partial charge in [0.25, 0.3) is 5.56 Å². The Kier molecular flexibility index (Phi) is 6.11. The number of allylic oxidation sites excluding steroid dienone is 1. The molecule has 3 aromatic rings. The van der Waals surface area contributed by atoms with Gasteiger partial charge in [-0.1, -0.05) is 30.0 Å². The molecule has 1 N–H and O–H groups in total. The van der Waals surface area contributed by atoms with Crippen molar-refractivity contribution in [2.75, 3.05) is 11.1 Å². The summed E-state index contributed by atoms with van der Waals surface area (Å²) in [6, 6.07) is 5.85. The molecule has 0 unspecified atom stereocenters. The van der Waals surface area contributed by atoms with Crippen LogP contribution in [0.3, 0.4) is 0 Å². The Morgan fingerprint density at radius 1 is 1.33 bits per heavy atom. The highest BCUT2D eigenvalue weighted by molar-refractivity contribution is 7.99. The monoisotopic (exact) mass is 439 g/mol. The zero-order valence-electron chi connectivity index (χ0n) is 17.3. The van der Waals surface area contributed by atoms with Crippen molar-refractivity contribution in [2.24, 2.45) is 0 Å². The maximum Gasteiger partial charge on any atom is 0.263 e. The Hall–Kier alpha value is -2.38. The van der Waals surface area contributed by atoms with Crippen molar-refractivity contribution in [3.8, 4) is 0 Å². The molecule has 156 valence electrons. The van der Waals surface area contributed by atoms with E-state index in [2.05, 4.69) is 11.9 Å². The van der Waals surface area contributed by atoms with E-state index < -0.39 is 0 Å². The number of rotatable bonds is 6. The first-order chi connectivity index (χ1) is 14.5. The number of amides is 1. The van der Waals surface area contributed by atoms with Gasteiger partial charge in [-0.2, -0.15) is 0 Å². The van der Waals surface area contributed by atoms with Crippen LogP contribution in [-0.2, 0) is 24.2 Å². The quantitative estimate of drug-likeness (QED) is 0.338. The molecular formula is C23H25N3O2S2. The zero-order valence-corrected chi connectivity index (χ0v) is 18.9. The van der Waals surface area contributed by atoms with Crippen LogP contribution >= 0.6 is 23.1 Å². The first kappa shape index (κ1) is 20.9. The van der Waals surface area contributed by atoms with Crippen LogP contribution in [0.15, 0.2) is 40.8 Å². The smallest absolute Gasteiger partial charge is 0.263 e. The third-order valence-electron chi connectivity index (χ3n) is 5.56. The Balaban J connectivity index is 1.61. The number of fused-ring (bicyclic) bond motifs is 3. The molecule has 5 nitrogen and oxygen atoms in total. The molecule has 0 spiro atoms. The van der Waals surface area contributed by atoms with Crippen molar-refractivity contribution < 1.29 is 4.79 Å². The lowest BCUT2D eigenvalue weighted by atomic mass is 9.97. The van der Waals surface area contributed by atoms with E-state index in [9.17, 15) is 9.59 Å². The average molecular weight is 440 g/mol. The van der Waals surface area contributed by atoms with Gasteiger partial charge in [0.2, 0.25) is 5.91 Å². The second-order valence-electron chi connectivity index (χ2n) is 7.57. The molecule has 0 fully saturated rings. The highest BCUT2D eigenvalue weighted by Crippen LogP contribution is 2.34. The predicted molar refractivity (Wildman–Crippen MR) is 126 cm³/mol. The molecule has 2 aromatic heterocycles. The van der Waals surface area contributed by atoms with Crippen molar-refractivity contribution in [1.29, 1.82) is 0 Å². The number of hydrogen-bond donors (Lipinski definition) is 1. The molecule has 2 heterocycles. The van der Waals surface area contributed by atoms with Crippen LogP contribution < -0.4 is 10.9 Å². The van der Waals surface area contributed by atoms with Crippen molar-refractivity contribution >= 4 is 44.9 Å². The normalized spacial score (nSPS) is 13.3. The Morgan fingerprint density at radius 2 is 2.13 bits per heavy atom. The van der Waals surface area contributed by atoms with Crippen LogP contribution in [-0.4, -0.2) is 21.2 Å². The number of aromatic nitrogens is 2. The van der Waals surface area contributed by atoms with Gasteiger partial charge in [-0.25, -0.2) is 4.98 Å². The van der Waals surface area contributed by atoms with Crippen LogP contribution in [0.2, 0.25) is 0 Å². The first-order valence-corrected chi connectivity index (χ1v) is 11.9. The Labute approximate surface area is 184 Å². The fraction of sp³-hybridized carbons (Fsp3) is 0.348. The molecule has 1 aromatic carbocycles. The fourth-order valence-electron chi connectivity index (χ4n) is 3.82. The minimum Gasteiger partial charge on any atom is -0.325 e. The van der Waals surface area contributed by atoms with Crippen molar-refractivity contribution in [3.63, 3.8) is 0 Å². The van der Waals surface area contributed by atoms with E-state index >= 15 is 0 Å². The summed E-state index contributed by atoms with van der Waals surface area (Å²) in [5.74, 6) is 0.0757. The van der Waals surface area contributed by atoms with Gasteiger partial charge in [0.1, 0.15) is 4.83 Å². The van der Waals surface area contributed by atoms with Gasteiger partial charge >= 0.3 is 0 Å². The second-order valence-corrected chi connectivity index (χ2v) is 9.60. The maximum atomic E-state index is 13.3. The fourth-order valence-corrected chi connectivity index (χ4v) is 5.93. The molecular weight excluding hydrogens is 414 g/mol. The first-order valence-electron chi connectivity index (χ1n) is 10.1. The average Bonchev–Trinajstić information content (AvgIpc) is 3.11. The molecule has 1 aliphatic carbocycles. The molecule has 0 radical (unpaired) electrons. The van der Waals surface area contributed by atoms with E-state index in [1.165, 1.54) is 28.6 Å². The molecule has 0 saturated heterocycles. The van der Waals surface area contributed by atoms with Gasteiger partial charge in [0, 0.05) is 17.1 Å². The standard InChI is InChI=1S/C23H25N3O2S2/c1-4-12-26-22(28)20-16-9-5-6-11-18(16)30-21(20)25-23(26)29-13-19(27)24-17-10-7-8-14(2)15(17)3/h4,7-8,10H,1,5-6,9,11-13H2,2-3H3,(H,24,27). The topological polar surface area (TPSA) is 64.0 Å². The third kappa shape index (κ3) is 3.96. The lowest BCUT2D eigenvalue weighted by molar-refractivity contribution is -0.113. The second kappa shape index (κ2) is 8.78. The SMILES string of the molecule is C=CCn1c(SCC(=O)Nc2cccc(C)c2C)nc2sc3c(c2c1=O)CCCC3. The van der Waals surface area contributed by atoms with Gasteiger partial charge in [-0.05, 0) is 62.3 Å². The number of aryl methyl sites for hydroxylation is 3. The van der Waals surface area contributed by atoms with E-state index in [0.29, 0.717) is 11.7 Å². The highest BCUT2D eigenvalue weighted by atomic mass is 32.2. The summed E-state index contributed by atoms with van der Waals surface area (Å²) in [5.41, 5.74) is 4.17. The maximum absolute atomic E-state index is 13.3.